The first-order chi connectivity index (χ1) is 7.25. The fraction of sp³-hybridized carbons (Fsp3) is 0.222. The van der Waals surface area contributed by atoms with Crippen LogP contribution in [0, 0.1) is 0 Å². The van der Waals surface area contributed by atoms with Crippen LogP contribution in [0.15, 0.2) is 24.7 Å². The summed E-state index contributed by atoms with van der Waals surface area (Å²) in [6, 6.07) is 1.64. The van der Waals surface area contributed by atoms with Crippen molar-refractivity contribution in [2.75, 3.05) is 11.1 Å². The van der Waals surface area contributed by atoms with E-state index in [-0.39, 0.29) is 0 Å². The van der Waals surface area contributed by atoms with E-state index >= 15 is 0 Å². The summed E-state index contributed by atoms with van der Waals surface area (Å²) in [7, 11) is 1.93. The van der Waals surface area contributed by atoms with Crippen LogP contribution in [-0.4, -0.2) is 19.5 Å². The number of nitrogens with zero attached hydrogens (tertiary/aromatic N) is 4. The van der Waals surface area contributed by atoms with Gasteiger partial charge in [-0.3, -0.25) is 0 Å². The predicted octanol–water partition coefficient (Wildman–Crippen LogP) is 0.404. The first kappa shape index (κ1) is 9.45. The molecule has 6 nitrogen and oxygen atoms in total. The number of nitrogens with one attached hydrogen (secondary N) is 1. The van der Waals surface area contributed by atoms with Gasteiger partial charge >= 0.3 is 0 Å². The van der Waals surface area contributed by atoms with Gasteiger partial charge in [-0.1, -0.05) is 0 Å². The largest absolute Gasteiger partial charge is 0.384 e. The molecule has 0 aliphatic carbocycles. The van der Waals surface area contributed by atoms with E-state index in [1.165, 1.54) is 0 Å². The maximum atomic E-state index is 5.53. The van der Waals surface area contributed by atoms with Gasteiger partial charge in [-0.2, -0.15) is 4.98 Å². The van der Waals surface area contributed by atoms with Crippen LogP contribution in [-0.2, 0) is 13.6 Å². The molecule has 0 aliphatic heterocycles. The second-order valence-corrected chi connectivity index (χ2v) is 3.11. The molecule has 0 radical (unpaired) electrons. The van der Waals surface area contributed by atoms with E-state index in [0.717, 1.165) is 5.82 Å². The minimum absolute atomic E-state index is 0.451. The number of hydrogen-bond donors (Lipinski definition) is 2. The number of nitrogens with two attached hydrogens (primary N) is 1. The highest BCUT2D eigenvalue weighted by molar-refractivity contribution is 5.34. The third-order valence-electron chi connectivity index (χ3n) is 2.00. The Kier molecular flexibility index (Phi) is 2.49. The lowest BCUT2D eigenvalue weighted by Gasteiger charge is -2.04. The molecule has 78 valence electrons. The minimum Gasteiger partial charge on any atom is -0.384 e. The molecule has 0 saturated carbocycles. The molecule has 2 heterocycles. The molecule has 0 amide bonds. The second-order valence-electron chi connectivity index (χ2n) is 3.11. The first-order valence-electron chi connectivity index (χ1n) is 4.54. The van der Waals surface area contributed by atoms with Gasteiger partial charge in [0.1, 0.15) is 11.6 Å². The van der Waals surface area contributed by atoms with Crippen LogP contribution in [0.5, 0.6) is 0 Å². The molecule has 0 fully saturated rings. The van der Waals surface area contributed by atoms with Gasteiger partial charge in [0.15, 0.2) is 0 Å². The molecule has 0 aliphatic rings. The molecule has 0 aromatic carbocycles. The van der Waals surface area contributed by atoms with Crippen molar-refractivity contribution in [3.05, 3.63) is 30.5 Å². The van der Waals surface area contributed by atoms with Crippen molar-refractivity contribution in [3.8, 4) is 0 Å². The monoisotopic (exact) mass is 204 g/mol. The zero-order chi connectivity index (χ0) is 10.7. The summed E-state index contributed by atoms with van der Waals surface area (Å²) in [4.78, 5) is 12.2. The summed E-state index contributed by atoms with van der Waals surface area (Å²) in [5.74, 6) is 1.88. The van der Waals surface area contributed by atoms with Gasteiger partial charge in [-0.25, -0.2) is 9.97 Å². The minimum atomic E-state index is 0.451. The van der Waals surface area contributed by atoms with Crippen LogP contribution in [0.4, 0.5) is 11.8 Å². The fourth-order valence-electron chi connectivity index (χ4n) is 1.18. The lowest BCUT2D eigenvalue weighted by Crippen LogP contribution is -2.08. The summed E-state index contributed by atoms with van der Waals surface area (Å²) in [6.07, 6.45) is 5.25. The Balaban J connectivity index is 2.02. The van der Waals surface area contributed by atoms with Crippen molar-refractivity contribution >= 4 is 11.8 Å². The molecule has 0 spiro atoms. The van der Waals surface area contributed by atoms with Gasteiger partial charge in [-0.05, 0) is 6.07 Å². The average Bonchev–Trinajstić information content (AvgIpc) is 2.61. The van der Waals surface area contributed by atoms with Crippen LogP contribution < -0.4 is 11.1 Å². The van der Waals surface area contributed by atoms with Gasteiger partial charge in [-0.15, -0.1) is 0 Å². The van der Waals surface area contributed by atoms with E-state index < -0.39 is 0 Å². The smallest absolute Gasteiger partial charge is 0.224 e. The molecule has 0 atom stereocenters. The third-order valence-corrected chi connectivity index (χ3v) is 2.00. The summed E-state index contributed by atoms with van der Waals surface area (Å²) in [5.41, 5.74) is 5.53. The van der Waals surface area contributed by atoms with Crippen molar-refractivity contribution in [3.63, 3.8) is 0 Å². The Morgan fingerprint density at radius 3 is 2.93 bits per heavy atom. The summed E-state index contributed by atoms with van der Waals surface area (Å²) < 4.78 is 1.93. The Morgan fingerprint density at radius 1 is 1.40 bits per heavy atom. The number of aryl methyl sites for hydroxylation is 1. The molecule has 2 aromatic rings. The van der Waals surface area contributed by atoms with Crippen molar-refractivity contribution in [2.45, 2.75) is 6.54 Å². The molecule has 0 bridgehead atoms. The molecule has 0 saturated heterocycles. The highest BCUT2D eigenvalue weighted by Gasteiger charge is 2.00. The quantitative estimate of drug-likeness (QED) is 0.756. The van der Waals surface area contributed by atoms with Crippen molar-refractivity contribution in [1.82, 2.24) is 19.5 Å². The van der Waals surface area contributed by atoms with Crippen molar-refractivity contribution < 1.29 is 0 Å². The molecule has 2 rings (SSSR count). The third kappa shape index (κ3) is 2.22. The number of anilines is 2. The van der Waals surface area contributed by atoms with Crippen LogP contribution in [0.1, 0.15) is 5.82 Å². The van der Waals surface area contributed by atoms with E-state index in [0.29, 0.717) is 18.3 Å². The summed E-state index contributed by atoms with van der Waals surface area (Å²) in [6.45, 7) is 0.576. The Morgan fingerprint density at radius 2 is 2.27 bits per heavy atom. The van der Waals surface area contributed by atoms with E-state index in [2.05, 4.69) is 20.3 Å². The van der Waals surface area contributed by atoms with E-state index in [4.69, 9.17) is 5.73 Å². The maximum absolute atomic E-state index is 5.53. The average molecular weight is 204 g/mol. The lowest BCUT2D eigenvalue weighted by atomic mass is 10.5. The number of nitrogen functional groups attached to an aromatic ring is 1. The van der Waals surface area contributed by atoms with Crippen LogP contribution in [0.2, 0.25) is 0 Å². The Bertz CT molecular complexity index is 449. The predicted molar refractivity (Wildman–Crippen MR) is 57.0 cm³/mol. The van der Waals surface area contributed by atoms with Gasteiger partial charge in [0.25, 0.3) is 0 Å². The van der Waals surface area contributed by atoms with E-state index in [9.17, 15) is 0 Å². The number of imidazole rings is 1. The molecule has 0 unspecified atom stereocenters. The summed E-state index contributed by atoms with van der Waals surface area (Å²) in [5, 5.41) is 3.04. The van der Waals surface area contributed by atoms with Gasteiger partial charge in [0.2, 0.25) is 5.95 Å². The highest BCUT2D eigenvalue weighted by atomic mass is 15.1. The number of aromatic nitrogens is 4. The molecular formula is C9H12N6. The molecule has 3 N–H and O–H groups in total. The van der Waals surface area contributed by atoms with Gasteiger partial charge in [0, 0.05) is 25.6 Å². The van der Waals surface area contributed by atoms with Crippen LogP contribution >= 0.6 is 0 Å². The zero-order valence-corrected chi connectivity index (χ0v) is 8.38. The van der Waals surface area contributed by atoms with Gasteiger partial charge < -0.3 is 15.6 Å². The molecular weight excluding hydrogens is 192 g/mol. The molecule has 2 aromatic heterocycles. The number of rotatable bonds is 3. The second kappa shape index (κ2) is 3.95. The number of hydrogen-bond acceptors (Lipinski definition) is 5. The molecule has 6 heteroatoms. The molecule has 15 heavy (non-hydrogen) atoms. The van der Waals surface area contributed by atoms with E-state index in [1.54, 1.807) is 18.5 Å². The Labute approximate surface area is 87.2 Å². The van der Waals surface area contributed by atoms with Crippen molar-refractivity contribution in [2.24, 2.45) is 7.05 Å². The van der Waals surface area contributed by atoms with Crippen LogP contribution in [0.25, 0.3) is 0 Å². The highest BCUT2D eigenvalue weighted by Crippen LogP contribution is 2.03. The standard InChI is InChI=1S/C9H12N6/c1-15-5-4-11-8(15)6-13-9-12-3-2-7(10)14-9/h2-5H,6H2,1H3,(H3,10,12,13,14). The van der Waals surface area contributed by atoms with Crippen LogP contribution in [0.3, 0.4) is 0 Å². The fourth-order valence-corrected chi connectivity index (χ4v) is 1.18. The van der Waals surface area contributed by atoms with Crippen molar-refractivity contribution in [1.29, 1.82) is 0 Å². The normalized spacial score (nSPS) is 10.2. The first-order valence-corrected chi connectivity index (χ1v) is 4.54. The lowest BCUT2D eigenvalue weighted by molar-refractivity contribution is 0.808. The topological polar surface area (TPSA) is 81.7 Å². The zero-order valence-electron chi connectivity index (χ0n) is 8.38. The van der Waals surface area contributed by atoms with Gasteiger partial charge in [0.05, 0.1) is 6.54 Å². The Hall–Kier alpha value is -2.11. The summed E-state index contributed by atoms with van der Waals surface area (Å²) >= 11 is 0. The SMILES string of the molecule is Cn1ccnc1CNc1nccc(N)n1. The van der Waals surface area contributed by atoms with E-state index in [1.807, 2.05) is 17.8 Å². The maximum Gasteiger partial charge on any atom is 0.224 e.